The molecule has 0 saturated carbocycles. The number of aromatic nitrogens is 2. The van der Waals surface area contributed by atoms with Crippen LogP contribution in [-0.2, 0) is 9.84 Å². The van der Waals surface area contributed by atoms with Gasteiger partial charge in [0.05, 0.1) is 0 Å². The maximum Gasteiger partial charge on any atom is 0.336 e. The fraction of sp³-hybridized carbons (Fsp3) is 0.500. The van der Waals surface area contributed by atoms with Crippen LogP contribution < -0.4 is 0 Å². The molecular formula is C4H5ClN2O3S. The third kappa shape index (κ3) is 1.69. The summed E-state index contributed by atoms with van der Waals surface area (Å²) >= 11 is 5.12. The molecule has 1 aromatic heterocycles. The van der Waals surface area contributed by atoms with Crippen LogP contribution in [0.25, 0.3) is 0 Å². The van der Waals surface area contributed by atoms with Crippen molar-refractivity contribution in [3.63, 3.8) is 0 Å². The molecule has 0 unspecified atom stereocenters. The van der Waals surface area contributed by atoms with Gasteiger partial charge in [0, 0.05) is 6.92 Å². The Morgan fingerprint density at radius 1 is 1.55 bits per heavy atom. The molecule has 1 aromatic rings. The van der Waals surface area contributed by atoms with E-state index in [0.717, 1.165) is 0 Å². The fourth-order valence-corrected chi connectivity index (χ4v) is 1.24. The molecular weight excluding hydrogens is 192 g/mol. The SMILES string of the molecule is Cc1nnc(S(=O)(=O)CCl)o1. The maximum atomic E-state index is 10.9. The Hall–Kier alpha value is -0.620. The zero-order valence-electron chi connectivity index (χ0n) is 5.61. The van der Waals surface area contributed by atoms with Crippen LogP contribution in [0.5, 0.6) is 0 Å². The van der Waals surface area contributed by atoms with E-state index < -0.39 is 20.3 Å². The summed E-state index contributed by atoms with van der Waals surface area (Å²) < 4.78 is 26.4. The lowest BCUT2D eigenvalue weighted by molar-refractivity contribution is 0.411. The molecule has 0 spiro atoms. The second kappa shape index (κ2) is 2.78. The molecule has 62 valence electrons. The molecule has 0 radical (unpaired) electrons. The lowest BCUT2D eigenvalue weighted by Crippen LogP contribution is -2.01. The number of alkyl halides is 1. The first-order valence-corrected chi connectivity index (χ1v) is 4.84. The van der Waals surface area contributed by atoms with Crippen molar-refractivity contribution in [3.05, 3.63) is 5.89 Å². The minimum Gasteiger partial charge on any atom is -0.413 e. The van der Waals surface area contributed by atoms with Gasteiger partial charge in [0.2, 0.25) is 15.7 Å². The number of aryl methyl sites for hydroxylation is 1. The lowest BCUT2D eigenvalue weighted by atomic mass is 10.8. The first-order valence-electron chi connectivity index (χ1n) is 2.65. The number of nitrogens with zero attached hydrogens (tertiary/aromatic N) is 2. The Bertz CT molecular complexity index is 344. The average Bonchev–Trinajstić information content (AvgIpc) is 2.36. The number of sulfone groups is 1. The molecule has 0 amide bonds. The summed E-state index contributed by atoms with van der Waals surface area (Å²) in [6.07, 6.45) is 0. The normalized spacial score (nSPS) is 11.8. The molecule has 1 heterocycles. The van der Waals surface area contributed by atoms with Gasteiger partial charge in [0.1, 0.15) is 5.21 Å². The maximum absolute atomic E-state index is 10.9. The van der Waals surface area contributed by atoms with Crippen molar-refractivity contribution in [3.8, 4) is 0 Å². The lowest BCUT2D eigenvalue weighted by Gasteiger charge is -1.88. The third-order valence-corrected chi connectivity index (χ3v) is 2.76. The first kappa shape index (κ1) is 8.48. The summed E-state index contributed by atoms with van der Waals surface area (Å²) in [5.41, 5.74) is 0. The van der Waals surface area contributed by atoms with Crippen LogP contribution in [0.15, 0.2) is 9.64 Å². The highest BCUT2D eigenvalue weighted by Crippen LogP contribution is 2.09. The molecule has 0 N–H and O–H groups in total. The van der Waals surface area contributed by atoms with Crippen molar-refractivity contribution in [1.29, 1.82) is 0 Å². The Balaban J connectivity index is 3.13. The predicted molar refractivity (Wildman–Crippen MR) is 36.9 cm³/mol. The number of halogens is 1. The minimum absolute atomic E-state index is 0.202. The molecule has 0 aliphatic heterocycles. The van der Waals surface area contributed by atoms with Crippen molar-refractivity contribution in [2.45, 2.75) is 12.1 Å². The van der Waals surface area contributed by atoms with Crippen LogP contribution in [0.4, 0.5) is 0 Å². The second-order valence-electron chi connectivity index (χ2n) is 1.81. The van der Waals surface area contributed by atoms with Gasteiger partial charge in [-0.15, -0.1) is 16.7 Å². The topological polar surface area (TPSA) is 73.1 Å². The van der Waals surface area contributed by atoms with Gasteiger partial charge in [-0.05, 0) is 0 Å². The van der Waals surface area contributed by atoms with Crippen LogP contribution >= 0.6 is 11.6 Å². The van der Waals surface area contributed by atoms with E-state index in [2.05, 4.69) is 14.6 Å². The van der Waals surface area contributed by atoms with Crippen molar-refractivity contribution in [2.75, 3.05) is 5.21 Å². The summed E-state index contributed by atoms with van der Waals surface area (Å²) in [4.78, 5) is 0. The van der Waals surface area contributed by atoms with Gasteiger partial charge >= 0.3 is 5.22 Å². The van der Waals surface area contributed by atoms with Gasteiger partial charge < -0.3 is 4.42 Å². The van der Waals surface area contributed by atoms with E-state index in [9.17, 15) is 8.42 Å². The molecule has 1 rings (SSSR count). The highest BCUT2D eigenvalue weighted by molar-refractivity contribution is 7.92. The van der Waals surface area contributed by atoms with Gasteiger partial charge in [0.15, 0.2) is 0 Å². The molecule has 5 nitrogen and oxygen atoms in total. The molecule has 11 heavy (non-hydrogen) atoms. The number of rotatable bonds is 2. The molecule has 0 aliphatic carbocycles. The molecule has 0 bridgehead atoms. The smallest absolute Gasteiger partial charge is 0.336 e. The molecule has 7 heteroatoms. The summed E-state index contributed by atoms with van der Waals surface area (Å²) in [5.74, 6) is 0.202. The van der Waals surface area contributed by atoms with Crippen molar-refractivity contribution < 1.29 is 12.8 Å². The number of hydrogen-bond acceptors (Lipinski definition) is 5. The van der Waals surface area contributed by atoms with E-state index in [0.29, 0.717) is 0 Å². The van der Waals surface area contributed by atoms with Gasteiger partial charge in [0.25, 0.3) is 0 Å². The predicted octanol–water partition coefficient (Wildman–Crippen LogP) is 0.348. The molecule has 0 fully saturated rings. The fourth-order valence-electron chi connectivity index (χ4n) is 0.451. The standard InChI is InChI=1S/C4H5ClN2O3S/c1-3-6-7-4(10-3)11(8,9)2-5/h2H2,1H3. The second-order valence-corrected chi connectivity index (χ2v) is 4.26. The van der Waals surface area contributed by atoms with Gasteiger partial charge in [-0.3, -0.25) is 0 Å². The summed E-state index contributed by atoms with van der Waals surface area (Å²) in [7, 11) is -3.55. The van der Waals surface area contributed by atoms with Gasteiger partial charge in [-0.2, -0.15) is 0 Å². The highest BCUT2D eigenvalue weighted by atomic mass is 35.5. The van der Waals surface area contributed by atoms with Crippen molar-refractivity contribution in [2.24, 2.45) is 0 Å². The third-order valence-electron chi connectivity index (χ3n) is 0.917. The van der Waals surface area contributed by atoms with Crippen LogP contribution in [0, 0.1) is 6.92 Å². The van der Waals surface area contributed by atoms with E-state index >= 15 is 0 Å². The van der Waals surface area contributed by atoms with E-state index in [1.54, 1.807) is 0 Å². The number of hydrogen-bond donors (Lipinski definition) is 0. The highest BCUT2D eigenvalue weighted by Gasteiger charge is 2.19. The Labute approximate surface area is 68.3 Å². The zero-order chi connectivity index (χ0) is 8.48. The van der Waals surface area contributed by atoms with Gasteiger partial charge in [-0.1, -0.05) is 5.10 Å². The van der Waals surface area contributed by atoms with Crippen LogP contribution in [-0.4, -0.2) is 23.8 Å². The van der Waals surface area contributed by atoms with Crippen LogP contribution in [0.1, 0.15) is 5.89 Å². The minimum atomic E-state index is -3.55. The largest absolute Gasteiger partial charge is 0.413 e. The van der Waals surface area contributed by atoms with E-state index in [4.69, 9.17) is 11.6 Å². The Kier molecular flexibility index (Phi) is 2.15. The summed E-state index contributed by atoms with van der Waals surface area (Å²) in [6.45, 7) is 1.50. The van der Waals surface area contributed by atoms with Crippen molar-refractivity contribution >= 4 is 21.4 Å². The molecule has 0 aliphatic rings. The quantitative estimate of drug-likeness (QED) is 0.638. The summed E-state index contributed by atoms with van der Waals surface area (Å²) in [6, 6.07) is 0. The first-order chi connectivity index (χ1) is 5.06. The van der Waals surface area contributed by atoms with Crippen molar-refractivity contribution in [1.82, 2.24) is 10.2 Å². The van der Waals surface area contributed by atoms with E-state index in [1.165, 1.54) is 6.92 Å². The molecule has 0 aromatic carbocycles. The van der Waals surface area contributed by atoms with Crippen LogP contribution in [0.3, 0.4) is 0 Å². The molecule has 0 atom stereocenters. The zero-order valence-corrected chi connectivity index (χ0v) is 7.18. The van der Waals surface area contributed by atoms with E-state index in [1.807, 2.05) is 0 Å². The van der Waals surface area contributed by atoms with E-state index in [-0.39, 0.29) is 5.89 Å². The molecule has 0 saturated heterocycles. The Morgan fingerprint density at radius 2 is 2.18 bits per heavy atom. The summed E-state index contributed by atoms with van der Waals surface area (Å²) in [5, 5.41) is 5.67. The Morgan fingerprint density at radius 3 is 2.55 bits per heavy atom. The van der Waals surface area contributed by atoms with Crippen LogP contribution in [0.2, 0.25) is 0 Å². The van der Waals surface area contributed by atoms with Gasteiger partial charge in [-0.25, -0.2) is 8.42 Å². The average molecular weight is 197 g/mol. The monoisotopic (exact) mass is 196 g/mol.